The van der Waals surface area contributed by atoms with Gasteiger partial charge in [0.2, 0.25) is 0 Å². The maximum absolute atomic E-state index is 12.6. The van der Waals surface area contributed by atoms with Crippen LogP contribution in [0.1, 0.15) is 24.0 Å². The quantitative estimate of drug-likeness (QED) is 0.901. The summed E-state index contributed by atoms with van der Waals surface area (Å²) in [5, 5.41) is 13.0. The van der Waals surface area contributed by atoms with Crippen LogP contribution in [0.15, 0.2) is 24.0 Å². The molecule has 6 heteroatoms. The molecule has 0 atom stereocenters. The van der Waals surface area contributed by atoms with Gasteiger partial charge in [0.1, 0.15) is 11.3 Å². The number of hydroxylamine groups is 2. The van der Waals surface area contributed by atoms with Crippen LogP contribution in [0.2, 0.25) is 5.02 Å². The van der Waals surface area contributed by atoms with Crippen LogP contribution in [-0.2, 0) is 9.63 Å². The van der Waals surface area contributed by atoms with E-state index in [1.165, 1.54) is 6.08 Å². The molecule has 1 N–H and O–H groups in total. The first-order chi connectivity index (χ1) is 10.9. The van der Waals surface area contributed by atoms with Gasteiger partial charge in [0.25, 0.3) is 5.91 Å². The number of nitrogens with zero attached hydrogens (tertiary/aromatic N) is 2. The lowest BCUT2D eigenvalue weighted by molar-refractivity contribution is -0.150. The number of hydrogen-bond acceptors (Lipinski definition) is 4. The lowest BCUT2D eigenvalue weighted by Gasteiger charge is -2.45. The Labute approximate surface area is 141 Å². The number of aliphatic hydroxyl groups excluding tert-OH is 1. The summed E-state index contributed by atoms with van der Waals surface area (Å²) in [7, 11) is 1.64. The van der Waals surface area contributed by atoms with Crippen LogP contribution in [0, 0.1) is 13.8 Å². The van der Waals surface area contributed by atoms with Crippen LogP contribution in [0.3, 0.4) is 0 Å². The number of piperidine rings is 1. The normalized spacial score (nSPS) is 21.1. The van der Waals surface area contributed by atoms with E-state index in [2.05, 4.69) is 0 Å². The van der Waals surface area contributed by atoms with Crippen molar-refractivity contribution in [2.24, 2.45) is 0 Å². The predicted molar refractivity (Wildman–Crippen MR) is 89.7 cm³/mol. The highest BCUT2D eigenvalue weighted by atomic mass is 35.5. The largest absolute Gasteiger partial charge is 0.510 e. The molecule has 0 saturated carbocycles. The Bertz CT molecular complexity index is 655. The van der Waals surface area contributed by atoms with E-state index >= 15 is 0 Å². The maximum Gasteiger partial charge on any atom is 0.255 e. The summed E-state index contributed by atoms with van der Waals surface area (Å²) in [6, 6.07) is 3.70. The molecule has 0 radical (unpaired) electrons. The van der Waals surface area contributed by atoms with Gasteiger partial charge in [0.05, 0.1) is 12.8 Å². The second kappa shape index (κ2) is 5.82. The third-order valence-electron chi connectivity index (χ3n) is 4.87. The van der Waals surface area contributed by atoms with E-state index in [-0.39, 0.29) is 11.7 Å². The van der Waals surface area contributed by atoms with E-state index in [0.717, 1.165) is 16.8 Å². The highest BCUT2D eigenvalue weighted by molar-refractivity contribution is 6.31. The zero-order valence-electron chi connectivity index (χ0n) is 13.6. The minimum Gasteiger partial charge on any atom is -0.510 e. The lowest BCUT2D eigenvalue weighted by atomic mass is 9.85. The average molecular weight is 337 g/mol. The summed E-state index contributed by atoms with van der Waals surface area (Å²) >= 11 is 6.12. The van der Waals surface area contributed by atoms with Crippen LogP contribution < -0.4 is 4.90 Å². The van der Waals surface area contributed by atoms with Gasteiger partial charge in [-0.1, -0.05) is 11.6 Å². The maximum atomic E-state index is 12.6. The summed E-state index contributed by atoms with van der Waals surface area (Å²) in [5.74, 6) is -0.0334. The molecule has 2 heterocycles. The molecular weight excluding hydrogens is 316 g/mol. The van der Waals surface area contributed by atoms with Crippen molar-refractivity contribution in [3.8, 4) is 0 Å². The second-order valence-corrected chi connectivity index (χ2v) is 6.67. The summed E-state index contributed by atoms with van der Waals surface area (Å²) < 4.78 is 0. The minimum atomic E-state index is -0.685. The van der Waals surface area contributed by atoms with E-state index < -0.39 is 5.54 Å². The molecule has 5 nitrogen and oxygen atoms in total. The van der Waals surface area contributed by atoms with E-state index in [4.69, 9.17) is 16.4 Å². The van der Waals surface area contributed by atoms with Gasteiger partial charge in [-0.15, -0.1) is 0 Å². The number of amides is 1. The summed E-state index contributed by atoms with van der Waals surface area (Å²) in [4.78, 5) is 19.6. The number of halogens is 1. The van der Waals surface area contributed by atoms with Crippen LogP contribution in [0.25, 0.3) is 0 Å². The molecule has 0 unspecified atom stereocenters. The molecule has 1 aromatic rings. The molecule has 1 aromatic carbocycles. The Balaban J connectivity index is 2.06. The van der Waals surface area contributed by atoms with Gasteiger partial charge in [-0.05, 0) is 49.9 Å². The van der Waals surface area contributed by atoms with Gasteiger partial charge in [-0.3, -0.25) is 9.69 Å². The molecule has 1 spiro atoms. The smallest absolute Gasteiger partial charge is 0.255 e. The van der Waals surface area contributed by atoms with Gasteiger partial charge in [-0.25, -0.2) is 0 Å². The monoisotopic (exact) mass is 336 g/mol. The molecule has 0 aliphatic carbocycles. The van der Waals surface area contributed by atoms with Gasteiger partial charge in [0.15, 0.2) is 0 Å². The third kappa shape index (κ3) is 2.53. The molecule has 0 bridgehead atoms. The molecule has 0 aromatic heterocycles. The topological polar surface area (TPSA) is 53.0 Å². The first-order valence-electron chi connectivity index (χ1n) is 7.70. The molecule has 124 valence electrons. The minimum absolute atomic E-state index is 0.145. The third-order valence-corrected chi connectivity index (χ3v) is 5.09. The van der Waals surface area contributed by atoms with E-state index in [9.17, 15) is 9.90 Å². The van der Waals surface area contributed by atoms with Crippen molar-refractivity contribution in [3.05, 3.63) is 40.1 Å². The first kappa shape index (κ1) is 16.3. The summed E-state index contributed by atoms with van der Waals surface area (Å²) in [5.41, 5.74) is 2.01. The van der Waals surface area contributed by atoms with Gasteiger partial charge in [0, 0.05) is 24.2 Å². The highest BCUT2D eigenvalue weighted by Crippen LogP contribution is 2.44. The number of benzene rings is 1. The zero-order chi connectivity index (χ0) is 16.8. The van der Waals surface area contributed by atoms with Crippen molar-refractivity contribution in [1.82, 2.24) is 5.06 Å². The number of aryl methyl sites for hydroxylation is 2. The molecule has 1 amide bonds. The van der Waals surface area contributed by atoms with Crippen molar-refractivity contribution in [2.45, 2.75) is 32.2 Å². The Morgan fingerprint density at radius 3 is 2.30 bits per heavy atom. The highest BCUT2D eigenvalue weighted by Gasteiger charge is 2.51. The van der Waals surface area contributed by atoms with Gasteiger partial charge >= 0.3 is 0 Å². The Hall–Kier alpha value is -1.56. The molecule has 3 rings (SSSR count). The molecular formula is C17H21ClN2O3. The molecule has 23 heavy (non-hydrogen) atoms. The van der Waals surface area contributed by atoms with Gasteiger partial charge < -0.3 is 9.94 Å². The standard InChI is InChI=1S/C17H21ClN2O3/c1-11-8-13(18)9-12(2)16(11)20-15(22)10-14(21)17(20)4-6-19(23-3)7-5-17/h8-10,21H,4-7H2,1-3H3. The van der Waals surface area contributed by atoms with Gasteiger partial charge in [-0.2, -0.15) is 5.06 Å². The van der Waals surface area contributed by atoms with Crippen molar-refractivity contribution < 1.29 is 14.7 Å². The number of hydrogen-bond donors (Lipinski definition) is 1. The fourth-order valence-electron chi connectivity index (χ4n) is 3.74. The van der Waals surface area contributed by atoms with Crippen molar-refractivity contribution in [1.29, 1.82) is 0 Å². The van der Waals surface area contributed by atoms with E-state index in [1.807, 2.05) is 31.0 Å². The van der Waals surface area contributed by atoms with Crippen molar-refractivity contribution >= 4 is 23.2 Å². The first-order valence-corrected chi connectivity index (χ1v) is 8.08. The van der Waals surface area contributed by atoms with E-state index in [1.54, 1.807) is 12.0 Å². The Morgan fingerprint density at radius 1 is 1.22 bits per heavy atom. The van der Waals surface area contributed by atoms with Crippen molar-refractivity contribution in [2.75, 3.05) is 25.1 Å². The fraction of sp³-hybridized carbons (Fsp3) is 0.471. The number of rotatable bonds is 2. The number of carbonyl (C=O) groups is 1. The Morgan fingerprint density at radius 2 is 1.78 bits per heavy atom. The molecule has 2 aliphatic heterocycles. The summed E-state index contributed by atoms with van der Waals surface area (Å²) in [6.45, 7) is 5.19. The molecule has 1 saturated heterocycles. The van der Waals surface area contributed by atoms with Crippen LogP contribution in [0.5, 0.6) is 0 Å². The van der Waals surface area contributed by atoms with Crippen LogP contribution >= 0.6 is 11.6 Å². The zero-order valence-corrected chi connectivity index (χ0v) is 14.4. The lowest BCUT2D eigenvalue weighted by Crippen LogP contribution is -2.55. The number of aliphatic hydroxyl groups is 1. The summed E-state index contributed by atoms with van der Waals surface area (Å²) in [6.07, 6.45) is 2.59. The Kier molecular flexibility index (Phi) is 4.12. The van der Waals surface area contributed by atoms with E-state index in [0.29, 0.717) is 31.0 Å². The molecule has 2 aliphatic rings. The van der Waals surface area contributed by atoms with Crippen LogP contribution in [-0.4, -0.2) is 41.8 Å². The molecule has 1 fully saturated rings. The average Bonchev–Trinajstić information content (AvgIpc) is 2.71. The fourth-order valence-corrected chi connectivity index (χ4v) is 4.07. The predicted octanol–water partition coefficient (Wildman–Crippen LogP) is 3.14. The number of carbonyl (C=O) groups excluding carboxylic acids is 1. The van der Waals surface area contributed by atoms with Crippen molar-refractivity contribution in [3.63, 3.8) is 0 Å². The SMILES string of the molecule is CON1CCC2(CC1)C(O)=CC(=O)N2c1c(C)cc(Cl)cc1C. The second-order valence-electron chi connectivity index (χ2n) is 6.23. The number of anilines is 1. The van der Waals surface area contributed by atoms with Crippen LogP contribution in [0.4, 0.5) is 5.69 Å².